The van der Waals surface area contributed by atoms with Crippen LogP contribution >= 0.6 is 0 Å². The molecular weight excluding hydrogens is 138 g/mol. The van der Waals surface area contributed by atoms with E-state index in [4.69, 9.17) is 10.5 Å². The highest BCUT2D eigenvalue weighted by molar-refractivity contribution is 5.35. The Kier molecular flexibility index (Phi) is 1.85. The molecule has 1 heterocycles. The van der Waals surface area contributed by atoms with E-state index in [1.54, 1.807) is 13.0 Å². The minimum Gasteiger partial charge on any atom is -0.242 e. The van der Waals surface area contributed by atoms with Gasteiger partial charge >= 0.3 is 0 Å². The monoisotopic (exact) mass is 143 g/mol. The van der Waals surface area contributed by atoms with E-state index < -0.39 is 0 Å². The van der Waals surface area contributed by atoms with Crippen LogP contribution < -0.4 is 0 Å². The molecule has 0 aliphatic carbocycles. The molecule has 52 valence electrons. The van der Waals surface area contributed by atoms with E-state index in [-0.39, 0.29) is 0 Å². The Labute approximate surface area is 64.5 Å². The quantitative estimate of drug-likeness (QED) is 0.547. The van der Waals surface area contributed by atoms with E-state index >= 15 is 0 Å². The fourth-order valence-corrected chi connectivity index (χ4v) is 0.790. The third-order valence-corrected chi connectivity index (χ3v) is 1.20. The molecule has 0 atom stereocenters. The molecule has 0 N–H and O–H groups in total. The van der Waals surface area contributed by atoms with E-state index in [0.29, 0.717) is 17.0 Å². The van der Waals surface area contributed by atoms with Gasteiger partial charge in [-0.05, 0) is 19.1 Å². The molecule has 11 heavy (non-hydrogen) atoms. The number of nitrogens with zero attached hydrogens (tertiary/aromatic N) is 3. The van der Waals surface area contributed by atoms with Crippen molar-refractivity contribution in [2.24, 2.45) is 0 Å². The van der Waals surface area contributed by atoms with Crippen LogP contribution in [-0.4, -0.2) is 4.98 Å². The third-order valence-electron chi connectivity index (χ3n) is 1.20. The number of aryl methyl sites for hydroxylation is 1. The number of aromatic nitrogens is 1. The minimum absolute atomic E-state index is 0.293. The van der Waals surface area contributed by atoms with E-state index in [0.717, 1.165) is 0 Å². The Morgan fingerprint density at radius 1 is 1.27 bits per heavy atom. The van der Waals surface area contributed by atoms with Crippen LogP contribution in [0.5, 0.6) is 0 Å². The van der Waals surface area contributed by atoms with E-state index in [2.05, 4.69) is 4.98 Å². The van der Waals surface area contributed by atoms with Gasteiger partial charge in [-0.25, -0.2) is 4.98 Å². The van der Waals surface area contributed by atoms with Crippen molar-refractivity contribution >= 4 is 0 Å². The molecule has 0 saturated heterocycles. The van der Waals surface area contributed by atoms with Gasteiger partial charge in [-0.2, -0.15) is 10.5 Å². The zero-order valence-corrected chi connectivity index (χ0v) is 6.00. The minimum atomic E-state index is 0.293. The van der Waals surface area contributed by atoms with Gasteiger partial charge in [0, 0.05) is 5.69 Å². The second-order valence-corrected chi connectivity index (χ2v) is 2.11. The Bertz CT molecular complexity index is 322. The summed E-state index contributed by atoms with van der Waals surface area (Å²) < 4.78 is 0. The Hall–Kier alpha value is -1.87. The molecule has 0 aromatic carbocycles. The summed E-state index contributed by atoms with van der Waals surface area (Å²) in [6.45, 7) is 1.75. The van der Waals surface area contributed by atoms with Gasteiger partial charge in [0.25, 0.3) is 0 Å². The second kappa shape index (κ2) is 2.81. The lowest BCUT2D eigenvalue weighted by Gasteiger charge is -1.92. The van der Waals surface area contributed by atoms with Crippen molar-refractivity contribution in [2.75, 3.05) is 0 Å². The first-order valence-corrected chi connectivity index (χ1v) is 3.05. The smallest absolute Gasteiger partial charge is 0.142 e. The van der Waals surface area contributed by atoms with Crippen LogP contribution in [0.1, 0.15) is 17.0 Å². The van der Waals surface area contributed by atoms with Gasteiger partial charge < -0.3 is 0 Å². The molecule has 3 heteroatoms. The van der Waals surface area contributed by atoms with Crippen molar-refractivity contribution in [2.45, 2.75) is 6.92 Å². The highest BCUT2D eigenvalue weighted by atomic mass is 14.7. The molecule has 0 amide bonds. The normalized spacial score (nSPS) is 8.27. The van der Waals surface area contributed by atoms with Crippen LogP contribution in [0, 0.1) is 29.6 Å². The number of hydrogen-bond acceptors (Lipinski definition) is 3. The molecule has 0 bridgehead atoms. The second-order valence-electron chi connectivity index (χ2n) is 2.11. The molecule has 0 spiro atoms. The van der Waals surface area contributed by atoms with Crippen molar-refractivity contribution in [3.63, 3.8) is 0 Å². The number of rotatable bonds is 0. The predicted molar refractivity (Wildman–Crippen MR) is 38.4 cm³/mol. The summed E-state index contributed by atoms with van der Waals surface area (Å²) in [6.07, 6.45) is 0. The number of pyridine rings is 1. The maximum Gasteiger partial charge on any atom is 0.142 e. The molecule has 3 nitrogen and oxygen atoms in total. The molecule has 0 unspecified atom stereocenters. The van der Waals surface area contributed by atoms with Crippen LogP contribution in [-0.2, 0) is 0 Å². The van der Waals surface area contributed by atoms with Gasteiger partial charge in [-0.3, -0.25) is 0 Å². The van der Waals surface area contributed by atoms with Crippen molar-refractivity contribution in [1.82, 2.24) is 4.98 Å². The van der Waals surface area contributed by atoms with Crippen LogP contribution in [0.25, 0.3) is 0 Å². The Balaban J connectivity index is 3.28. The third kappa shape index (κ3) is 1.53. The average Bonchev–Trinajstić information content (AvgIpc) is 2.03. The summed E-state index contributed by atoms with van der Waals surface area (Å²) in [5, 5.41) is 17.0. The molecular formula is C8H5N3. The highest BCUT2D eigenvalue weighted by Gasteiger charge is 1.96. The lowest BCUT2D eigenvalue weighted by atomic mass is 10.2. The van der Waals surface area contributed by atoms with Crippen molar-refractivity contribution < 1.29 is 0 Å². The summed E-state index contributed by atoms with van der Waals surface area (Å²) in [7, 11) is 0. The lowest BCUT2D eigenvalue weighted by molar-refractivity contribution is 1.16. The lowest BCUT2D eigenvalue weighted by Crippen LogP contribution is -1.88. The summed E-state index contributed by atoms with van der Waals surface area (Å²) in [4.78, 5) is 3.89. The van der Waals surface area contributed by atoms with Crippen molar-refractivity contribution in [3.8, 4) is 12.1 Å². The molecule has 0 fully saturated rings. The first kappa shape index (κ1) is 7.24. The standard InChI is InChI=1S/C8H5N3/c1-6-2-7(4-9)3-8(5-10)11-6/h2-3H,1H3. The Morgan fingerprint density at radius 3 is 2.55 bits per heavy atom. The van der Waals surface area contributed by atoms with Gasteiger partial charge in [0.2, 0.25) is 0 Å². The van der Waals surface area contributed by atoms with Crippen molar-refractivity contribution in [3.05, 3.63) is 29.1 Å². The van der Waals surface area contributed by atoms with E-state index in [1.807, 2.05) is 12.1 Å². The Morgan fingerprint density at radius 2 is 2.00 bits per heavy atom. The van der Waals surface area contributed by atoms with E-state index in [1.165, 1.54) is 6.07 Å². The first-order chi connectivity index (χ1) is 5.26. The van der Waals surface area contributed by atoms with Crippen LogP contribution in [0.15, 0.2) is 12.1 Å². The van der Waals surface area contributed by atoms with Gasteiger partial charge in [-0.15, -0.1) is 0 Å². The largest absolute Gasteiger partial charge is 0.242 e. The van der Waals surface area contributed by atoms with Gasteiger partial charge in [0.05, 0.1) is 11.6 Å². The number of hydrogen-bond donors (Lipinski definition) is 0. The molecule has 0 aliphatic rings. The van der Waals surface area contributed by atoms with Gasteiger partial charge in [-0.1, -0.05) is 0 Å². The molecule has 1 aromatic rings. The first-order valence-electron chi connectivity index (χ1n) is 3.05. The fourth-order valence-electron chi connectivity index (χ4n) is 0.790. The molecule has 0 saturated carbocycles. The SMILES string of the molecule is Cc1cc(C#N)cc(C#N)n1. The summed E-state index contributed by atoms with van der Waals surface area (Å²) in [5.74, 6) is 0. The van der Waals surface area contributed by atoms with Crippen LogP contribution in [0.3, 0.4) is 0 Å². The molecule has 1 rings (SSSR count). The summed E-state index contributed by atoms with van der Waals surface area (Å²) in [6, 6.07) is 6.94. The average molecular weight is 143 g/mol. The van der Waals surface area contributed by atoms with E-state index in [9.17, 15) is 0 Å². The fraction of sp³-hybridized carbons (Fsp3) is 0.125. The van der Waals surface area contributed by atoms with Gasteiger partial charge in [0.1, 0.15) is 11.8 Å². The molecule has 0 aliphatic heterocycles. The van der Waals surface area contributed by atoms with Crippen LogP contribution in [0.2, 0.25) is 0 Å². The molecule has 1 aromatic heterocycles. The van der Waals surface area contributed by atoms with Crippen LogP contribution in [0.4, 0.5) is 0 Å². The topological polar surface area (TPSA) is 60.5 Å². The van der Waals surface area contributed by atoms with Gasteiger partial charge in [0.15, 0.2) is 0 Å². The maximum atomic E-state index is 8.49. The van der Waals surface area contributed by atoms with Crippen molar-refractivity contribution in [1.29, 1.82) is 10.5 Å². The zero-order valence-electron chi connectivity index (χ0n) is 6.00. The zero-order chi connectivity index (χ0) is 8.27. The highest BCUT2D eigenvalue weighted by Crippen LogP contribution is 2.02. The molecule has 0 radical (unpaired) electrons. The summed E-state index contributed by atoms with van der Waals surface area (Å²) in [5.41, 5.74) is 1.47. The predicted octanol–water partition coefficient (Wildman–Crippen LogP) is 1.13. The maximum absolute atomic E-state index is 8.49. The summed E-state index contributed by atoms with van der Waals surface area (Å²) >= 11 is 0. The number of nitriles is 2.